The maximum Gasteiger partial charge on any atom is 0.105 e. The Morgan fingerprint density at radius 1 is 1.50 bits per heavy atom. The molecule has 0 spiro atoms. The minimum Gasteiger partial charge on any atom is -0.466 e. The quantitative estimate of drug-likeness (QED) is 0.673. The predicted molar refractivity (Wildman–Crippen MR) is 40.9 cm³/mol. The van der Waals surface area contributed by atoms with Gasteiger partial charge in [0.2, 0.25) is 0 Å². The van der Waals surface area contributed by atoms with E-state index in [9.17, 15) is 0 Å². The van der Waals surface area contributed by atoms with Crippen molar-refractivity contribution < 1.29 is 4.42 Å². The molecule has 1 rings (SSSR count). The summed E-state index contributed by atoms with van der Waals surface area (Å²) in [5, 5.41) is 3.08. The monoisotopic (exact) mass is 139 g/mol. The van der Waals surface area contributed by atoms with Gasteiger partial charge < -0.3 is 9.73 Å². The number of furan rings is 1. The molecule has 1 aromatic rings. The zero-order chi connectivity index (χ0) is 7.56. The van der Waals surface area contributed by atoms with Gasteiger partial charge in [0.25, 0.3) is 0 Å². The van der Waals surface area contributed by atoms with Crippen molar-refractivity contribution in [3.8, 4) is 0 Å². The number of nitrogens with one attached hydrogen (secondary N) is 1. The lowest BCUT2D eigenvalue weighted by Gasteiger charge is -1.93. The average molecular weight is 139 g/mol. The van der Waals surface area contributed by atoms with Gasteiger partial charge >= 0.3 is 0 Å². The Hall–Kier alpha value is -0.760. The first-order valence-electron chi connectivity index (χ1n) is 3.44. The van der Waals surface area contributed by atoms with Crippen LogP contribution in [0, 0.1) is 13.8 Å². The molecule has 1 aromatic heterocycles. The van der Waals surface area contributed by atoms with Crippen LogP contribution in [0.15, 0.2) is 10.5 Å². The van der Waals surface area contributed by atoms with Crippen molar-refractivity contribution in [1.82, 2.24) is 5.32 Å². The van der Waals surface area contributed by atoms with Crippen LogP contribution in [0.25, 0.3) is 0 Å². The van der Waals surface area contributed by atoms with E-state index in [0.717, 1.165) is 18.1 Å². The molecule has 0 aliphatic carbocycles. The highest BCUT2D eigenvalue weighted by atomic mass is 16.3. The second kappa shape index (κ2) is 2.88. The highest BCUT2D eigenvalue weighted by molar-refractivity contribution is 5.19. The standard InChI is InChI=1S/C8H13NO/c1-6-4-8(5-9-3)7(2)10-6/h4,9H,5H2,1-3H3. The summed E-state index contributed by atoms with van der Waals surface area (Å²) in [6, 6.07) is 2.06. The molecular formula is C8H13NO. The number of aryl methyl sites for hydroxylation is 2. The first-order chi connectivity index (χ1) is 4.74. The van der Waals surface area contributed by atoms with E-state index >= 15 is 0 Å². The highest BCUT2D eigenvalue weighted by Crippen LogP contribution is 2.12. The smallest absolute Gasteiger partial charge is 0.105 e. The van der Waals surface area contributed by atoms with E-state index in [2.05, 4.69) is 11.4 Å². The lowest BCUT2D eigenvalue weighted by molar-refractivity contribution is 0.500. The van der Waals surface area contributed by atoms with Crippen molar-refractivity contribution >= 4 is 0 Å². The molecule has 2 heteroatoms. The lowest BCUT2D eigenvalue weighted by atomic mass is 10.2. The summed E-state index contributed by atoms with van der Waals surface area (Å²) < 4.78 is 5.33. The maximum absolute atomic E-state index is 5.33. The third-order valence-electron chi connectivity index (χ3n) is 1.51. The van der Waals surface area contributed by atoms with Gasteiger partial charge in [-0.3, -0.25) is 0 Å². The summed E-state index contributed by atoms with van der Waals surface area (Å²) in [7, 11) is 1.93. The molecule has 0 radical (unpaired) electrons. The SMILES string of the molecule is CNCc1cc(C)oc1C. The molecule has 1 N–H and O–H groups in total. The van der Waals surface area contributed by atoms with Crippen molar-refractivity contribution in [1.29, 1.82) is 0 Å². The number of rotatable bonds is 2. The van der Waals surface area contributed by atoms with Crippen LogP contribution in [-0.4, -0.2) is 7.05 Å². The van der Waals surface area contributed by atoms with Crippen LogP contribution in [0.3, 0.4) is 0 Å². The van der Waals surface area contributed by atoms with Gasteiger partial charge in [0.15, 0.2) is 0 Å². The van der Waals surface area contributed by atoms with Crippen LogP contribution < -0.4 is 5.32 Å². The molecule has 10 heavy (non-hydrogen) atoms. The van der Waals surface area contributed by atoms with Crippen molar-refractivity contribution in [2.75, 3.05) is 7.05 Å². The van der Waals surface area contributed by atoms with Gasteiger partial charge in [-0.1, -0.05) is 0 Å². The molecule has 1 heterocycles. The molecule has 2 nitrogen and oxygen atoms in total. The van der Waals surface area contributed by atoms with E-state index in [1.54, 1.807) is 0 Å². The minimum absolute atomic E-state index is 0.892. The van der Waals surface area contributed by atoms with E-state index < -0.39 is 0 Å². The highest BCUT2D eigenvalue weighted by Gasteiger charge is 2.01. The zero-order valence-corrected chi connectivity index (χ0v) is 6.69. The third kappa shape index (κ3) is 1.39. The van der Waals surface area contributed by atoms with Crippen molar-refractivity contribution in [2.45, 2.75) is 20.4 Å². The van der Waals surface area contributed by atoms with Gasteiger partial charge in [-0.15, -0.1) is 0 Å². The van der Waals surface area contributed by atoms with Gasteiger partial charge in [-0.05, 0) is 27.0 Å². The molecule has 0 atom stereocenters. The van der Waals surface area contributed by atoms with Gasteiger partial charge in [-0.25, -0.2) is 0 Å². The Labute approximate surface area is 61.2 Å². The topological polar surface area (TPSA) is 25.2 Å². The second-order valence-electron chi connectivity index (χ2n) is 2.47. The summed E-state index contributed by atoms with van der Waals surface area (Å²) in [5.41, 5.74) is 1.25. The van der Waals surface area contributed by atoms with Gasteiger partial charge in [-0.2, -0.15) is 0 Å². The Morgan fingerprint density at radius 3 is 2.60 bits per heavy atom. The zero-order valence-electron chi connectivity index (χ0n) is 6.69. The molecule has 0 fully saturated rings. The van der Waals surface area contributed by atoms with Crippen LogP contribution in [0.5, 0.6) is 0 Å². The summed E-state index contributed by atoms with van der Waals surface area (Å²) in [6.07, 6.45) is 0. The first kappa shape index (κ1) is 7.35. The Balaban J connectivity index is 2.81. The molecule has 0 amide bonds. The van der Waals surface area contributed by atoms with Gasteiger partial charge in [0.05, 0.1) is 0 Å². The molecule has 0 aliphatic rings. The van der Waals surface area contributed by atoms with Gasteiger partial charge in [0.1, 0.15) is 11.5 Å². The Kier molecular flexibility index (Phi) is 2.12. The average Bonchev–Trinajstić information content (AvgIpc) is 2.13. The fourth-order valence-corrected chi connectivity index (χ4v) is 1.05. The third-order valence-corrected chi connectivity index (χ3v) is 1.51. The summed E-state index contributed by atoms with van der Waals surface area (Å²) in [4.78, 5) is 0. The molecule has 56 valence electrons. The molecule has 0 aromatic carbocycles. The Bertz CT molecular complexity index is 215. The van der Waals surface area contributed by atoms with Crippen LogP contribution >= 0.6 is 0 Å². The van der Waals surface area contributed by atoms with E-state index in [1.165, 1.54) is 5.56 Å². The molecule has 0 aliphatic heterocycles. The van der Waals surface area contributed by atoms with Crippen LogP contribution in [0.2, 0.25) is 0 Å². The van der Waals surface area contributed by atoms with Crippen LogP contribution in [-0.2, 0) is 6.54 Å². The normalized spacial score (nSPS) is 10.3. The van der Waals surface area contributed by atoms with Crippen molar-refractivity contribution in [2.24, 2.45) is 0 Å². The van der Waals surface area contributed by atoms with Crippen molar-refractivity contribution in [3.63, 3.8) is 0 Å². The molecule has 0 bridgehead atoms. The maximum atomic E-state index is 5.33. The molecule has 0 saturated carbocycles. The summed E-state index contributed by atoms with van der Waals surface area (Å²) >= 11 is 0. The van der Waals surface area contributed by atoms with E-state index in [-0.39, 0.29) is 0 Å². The molecule has 0 unspecified atom stereocenters. The van der Waals surface area contributed by atoms with E-state index in [4.69, 9.17) is 4.42 Å². The molecular weight excluding hydrogens is 126 g/mol. The largest absolute Gasteiger partial charge is 0.466 e. The lowest BCUT2D eigenvalue weighted by Crippen LogP contribution is -2.04. The van der Waals surface area contributed by atoms with Crippen LogP contribution in [0.1, 0.15) is 17.1 Å². The van der Waals surface area contributed by atoms with E-state index in [1.807, 2.05) is 20.9 Å². The van der Waals surface area contributed by atoms with Crippen LogP contribution in [0.4, 0.5) is 0 Å². The number of hydrogen-bond donors (Lipinski definition) is 1. The van der Waals surface area contributed by atoms with Gasteiger partial charge in [0, 0.05) is 12.1 Å². The summed E-state index contributed by atoms with van der Waals surface area (Å²) in [5.74, 6) is 2.01. The predicted octanol–water partition coefficient (Wildman–Crippen LogP) is 1.62. The minimum atomic E-state index is 0.892. The van der Waals surface area contributed by atoms with E-state index in [0.29, 0.717) is 0 Å². The summed E-state index contributed by atoms with van der Waals surface area (Å²) in [6.45, 7) is 4.84. The fourth-order valence-electron chi connectivity index (χ4n) is 1.05. The van der Waals surface area contributed by atoms with Crippen molar-refractivity contribution in [3.05, 3.63) is 23.2 Å². The fraction of sp³-hybridized carbons (Fsp3) is 0.500. The first-order valence-corrected chi connectivity index (χ1v) is 3.44. The number of hydrogen-bond acceptors (Lipinski definition) is 2. The second-order valence-corrected chi connectivity index (χ2v) is 2.47. The molecule has 0 saturated heterocycles. The Morgan fingerprint density at radius 2 is 2.20 bits per heavy atom.